The summed E-state index contributed by atoms with van der Waals surface area (Å²) >= 11 is 1.82. The number of rotatable bonds is 0. The summed E-state index contributed by atoms with van der Waals surface area (Å²) in [6.07, 6.45) is 10.8. The molecule has 0 amide bonds. The van der Waals surface area contributed by atoms with Crippen molar-refractivity contribution in [1.82, 2.24) is 4.90 Å². The Labute approximate surface area is 81.3 Å². The van der Waals surface area contributed by atoms with Crippen molar-refractivity contribution in [2.24, 2.45) is 0 Å². The number of hydrogen-bond acceptors (Lipinski definition) is 2. The van der Waals surface area contributed by atoms with Crippen molar-refractivity contribution in [2.45, 2.75) is 0 Å². The highest BCUT2D eigenvalue weighted by Gasteiger charge is 2.17. The van der Waals surface area contributed by atoms with Gasteiger partial charge in [-0.2, -0.15) is 0 Å². The second-order valence-corrected chi connectivity index (χ2v) is 4.07. The van der Waals surface area contributed by atoms with Crippen LogP contribution in [-0.2, 0) is 0 Å². The van der Waals surface area contributed by atoms with Gasteiger partial charge in [0.15, 0.2) is 0 Å². The first-order valence-electron chi connectivity index (χ1n) is 4.35. The Balaban J connectivity index is 2.21. The monoisotopic (exact) mass is 187 g/mol. The third-order valence-electron chi connectivity index (χ3n) is 2.36. The Hall–Kier alpha value is -1.28. The Bertz CT molecular complexity index is 423. The van der Waals surface area contributed by atoms with Crippen LogP contribution in [0.1, 0.15) is 10.4 Å². The number of hydrogen-bond donors (Lipinski definition) is 0. The van der Waals surface area contributed by atoms with Gasteiger partial charge in [0.2, 0.25) is 0 Å². The topological polar surface area (TPSA) is 3.24 Å². The second kappa shape index (κ2) is 2.60. The molecule has 3 rings (SSSR count). The first kappa shape index (κ1) is 7.15. The second-order valence-electron chi connectivity index (χ2n) is 3.15. The molecule has 1 nitrogen and oxygen atoms in total. The molecule has 0 unspecified atom stereocenters. The van der Waals surface area contributed by atoms with Gasteiger partial charge in [0.05, 0.1) is 10.6 Å². The lowest BCUT2D eigenvalue weighted by molar-refractivity contribution is 0.589. The van der Waals surface area contributed by atoms with Gasteiger partial charge >= 0.3 is 0 Å². The lowest BCUT2D eigenvalue weighted by atomic mass is 10.1. The average Bonchev–Trinajstić information content (AvgIpc) is 2.65. The van der Waals surface area contributed by atoms with Gasteiger partial charge in [0, 0.05) is 12.7 Å². The highest BCUT2D eigenvalue weighted by Crippen LogP contribution is 2.34. The molecule has 0 spiro atoms. The summed E-state index contributed by atoms with van der Waals surface area (Å²) in [7, 11) is 0. The molecule has 2 aliphatic rings. The van der Waals surface area contributed by atoms with Gasteiger partial charge in [-0.15, -0.1) is 11.3 Å². The van der Waals surface area contributed by atoms with Crippen molar-refractivity contribution in [3.63, 3.8) is 0 Å². The van der Waals surface area contributed by atoms with Crippen LogP contribution >= 0.6 is 11.3 Å². The van der Waals surface area contributed by atoms with Crippen molar-refractivity contribution in [3.8, 4) is 0 Å². The molecule has 0 saturated carbocycles. The zero-order chi connectivity index (χ0) is 8.67. The minimum Gasteiger partial charge on any atom is -0.343 e. The molecule has 1 aromatic heterocycles. The van der Waals surface area contributed by atoms with Crippen LogP contribution in [0.15, 0.2) is 35.9 Å². The lowest BCUT2D eigenvalue weighted by Crippen LogP contribution is -2.19. The zero-order valence-electron chi connectivity index (χ0n) is 7.10. The number of fused-ring (bicyclic) bond motifs is 3. The summed E-state index contributed by atoms with van der Waals surface area (Å²) in [5, 5.41) is 2.15. The highest BCUT2D eigenvalue weighted by molar-refractivity contribution is 7.11. The van der Waals surface area contributed by atoms with E-state index in [2.05, 4.69) is 46.9 Å². The first-order valence-corrected chi connectivity index (χ1v) is 5.23. The maximum absolute atomic E-state index is 2.28. The van der Waals surface area contributed by atoms with E-state index in [1.54, 1.807) is 0 Å². The predicted molar refractivity (Wildman–Crippen MR) is 57.2 cm³/mol. The van der Waals surface area contributed by atoms with Gasteiger partial charge in [-0.05, 0) is 29.2 Å². The molecule has 0 bridgehead atoms. The Kier molecular flexibility index (Phi) is 1.43. The van der Waals surface area contributed by atoms with Crippen molar-refractivity contribution in [1.29, 1.82) is 0 Å². The fourth-order valence-corrected chi connectivity index (χ4v) is 2.63. The third-order valence-corrected chi connectivity index (χ3v) is 3.32. The summed E-state index contributed by atoms with van der Waals surface area (Å²) in [5.41, 5.74) is 2.69. The van der Waals surface area contributed by atoms with Gasteiger partial charge < -0.3 is 4.90 Å². The van der Waals surface area contributed by atoms with E-state index in [4.69, 9.17) is 0 Å². The Morgan fingerprint density at radius 2 is 2.38 bits per heavy atom. The van der Waals surface area contributed by atoms with Crippen LogP contribution in [0.5, 0.6) is 0 Å². The van der Waals surface area contributed by atoms with Gasteiger partial charge in [-0.3, -0.25) is 0 Å². The molecule has 13 heavy (non-hydrogen) atoms. The van der Waals surface area contributed by atoms with Crippen LogP contribution in [0.25, 0.3) is 11.8 Å². The summed E-state index contributed by atoms with van der Waals surface area (Å²) in [4.78, 5) is 3.67. The van der Waals surface area contributed by atoms with E-state index in [0.717, 1.165) is 6.54 Å². The fraction of sp³-hybridized carbons (Fsp3) is 0.0909. The quantitative estimate of drug-likeness (QED) is 0.603. The van der Waals surface area contributed by atoms with Crippen LogP contribution in [0.3, 0.4) is 0 Å². The Morgan fingerprint density at radius 3 is 3.38 bits per heavy atom. The Morgan fingerprint density at radius 1 is 1.38 bits per heavy atom. The fourth-order valence-electron chi connectivity index (χ4n) is 1.70. The molecule has 0 aromatic carbocycles. The highest BCUT2D eigenvalue weighted by atomic mass is 32.1. The summed E-state index contributed by atoms with van der Waals surface area (Å²) in [5.74, 6) is 0. The number of allylic oxidation sites excluding steroid dienone is 2. The minimum atomic E-state index is 1.000. The summed E-state index contributed by atoms with van der Waals surface area (Å²) in [6, 6.07) is 2.17. The first-order chi connectivity index (χ1) is 6.45. The maximum Gasteiger partial charge on any atom is 0.0590 e. The zero-order valence-corrected chi connectivity index (χ0v) is 7.92. The van der Waals surface area contributed by atoms with Crippen molar-refractivity contribution >= 4 is 23.1 Å². The van der Waals surface area contributed by atoms with Crippen molar-refractivity contribution < 1.29 is 0 Å². The average molecular weight is 187 g/mol. The molecule has 2 heteroatoms. The molecule has 3 heterocycles. The number of nitrogens with zero attached hydrogens (tertiary/aromatic N) is 1. The van der Waals surface area contributed by atoms with E-state index in [-0.39, 0.29) is 0 Å². The van der Waals surface area contributed by atoms with Crippen LogP contribution in [-0.4, -0.2) is 11.4 Å². The molecule has 0 N–H and O–H groups in total. The van der Waals surface area contributed by atoms with Crippen molar-refractivity contribution in [3.05, 3.63) is 46.3 Å². The summed E-state index contributed by atoms with van der Waals surface area (Å²) in [6.45, 7) is 1.000. The van der Waals surface area contributed by atoms with E-state index in [9.17, 15) is 0 Å². The molecule has 64 valence electrons. The molecule has 0 aliphatic carbocycles. The lowest BCUT2D eigenvalue weighted by Gasteiger charge is -2.27. The van der Waals surface area contributed by atoms with Crippen LogP contribution < -0.4 is 0 Å². The molecule has 0 saturated heterocycles. The van der Waals surface area contributed by atoms with E-state index in [1.807, 2.05) is 11.3 Å². The van der Waals surface area contributed by atoms with Gasteiger partial charge in [0.1, 0.15) is 0 Å². The van der Waals surface area contributed by atoms with E-state index < -0.39 is 0 Å². The minimum absolute atomic E-state index is 1.000. The largest absolute Gasteiger partial charge is 0.343 e. The van der Waals surface area contributed by atoms with Crippen LogP contribution in [0.2, 0.25) is 0 Å². The predicted octanol–water partition coefficient (Wildman–Crippen LogP) is 2.95. The number of thiophene rings is 1. The van der Waals surface area contributed by atoms with E-state index in [0.29, 0.717) is 0 Å². The molecule has 0 fully saturated rings. The standard InChI is InChI=1S/C11H9NS/c1-2-6-12-7-4-9-5-8-13-11(9)10(12)3-1/h1-5,7-8H,6H2. The molecular weight excluding hydrogens is 178 g/mol. The van der Waals surface area contributed by atoms with Gasteiger partial charge in [-0.25, -0.2) is 0 Å². The van der Waals surface area contributed by atoms with Crippen molar-refractivity contribution in [2.75, 3.05) is 6.54 Å². The van der Waals surface area contributed by atoms with Crippen LogP contribution in [0.4, 0.5) is 0 Å². The maximum atomic E-state index is 2.28. The van der Waals surface area contributed by atoms with Crippen LogP contribution in [0, 0.1) is 0 Å². The molecule has 0 radical (unpaired) electrons. The SMILES string of the molecule is C1=CCN2C=Cc3ccsc3C2=C1. The molecule has 1 aromatic rings. The van der Waals surface area contributed by atoms with Gasteiger partial charge in [0.25, 0.3) is 0 Å². The van der Waals surface area contributed by atoms with E-state index in [1.165, 1.54) is 16.1 Å². The molecule has 2 aliphatic heterocycles. The molecular formula is C11H9NS. The smallest absolute Gasteiger partial charge is 0.0590 e. The molecule has 0 atom stereocenters. The summed E-state index contributed by atoms with van der Waals surface area (Å²) < 4.78 is 0. The third kappa shape index (κ3) is 0.988. The van der Waals surface area contributed by atoms with E-state index >= 15 is 0 Å². The van der Waals surface area contributed by atoms with Gasteiger partial charge in [-0.1, -0.05) is 12.2 Å². The normalized spacial score (nSPS) is 18.2.